The van der Waals surface area contributed by atoms with E-state index in [1.54, 1.807) is 28.4 Å². The Morgan fingerprint density at radius 3 is 1.46 bits per heavy atom. The van der Waals surface area contributed by atoms with Gasteiger partial charge < -0.3 is 37.6 Å². The van der Waals surface area contributed by atoms with Crippen LogP contribution >= 0.6 is 0 Å². The van der Waals surface area contributed by atoms with Gasteiger partial charge in [-0.25, -0.2) is 0 Å². The van der Waals surface area contributed by atoms with Gasteiger partial charge in [-0.2, -0.15) is 0 Å². The Balaban J connectivity index is 0.000000265. The minimum absolute atomic E-state index is 0.0851. The fraction of sp³-hybridized carbons (Fsp3) is 0.707. The molecule has 0 saturated carbocycles. The first-order valence-electron chi connectivity index (χ1n) is 26.2. The highest BCUT2D eigenvalue weighted by atomic mass is 28.4. The molecule has 0 aliphatic carbocycles. The molecule has 2 fully saturated rings. The van der Waals surface area contributed by atoms with Gasteiger partial charge in [-0.05, 0) is 120 Å². The van der Waals surface area contributed by atoms with Crippen molar-refractivity contribution in [2.45, 2.75) is 174 Å². The fourth-order valence-electron chi connectivity index (χ4n) is 10.5. The summed E-state index contributed by atoms with van der Waals surface area (Å²) in [6.07, 6.45) is 5.04. The van der Waals surface area contributed by atoms with Gasteiger partial charge in [0.1, 0.15) is 5.60 Å². The molecule has 11 nitrogen and oxygen atoms in total. The van der Waals surface area contributed by atoms with Crippen molar-refractivity contribution < 1.29 is 42.4 Å². The SMILES string of the molecule is COc1cc2c(cc1OC)[C@H]1C[C@@](C#CCO[Si](C)(C)C(C)(C)C)(OC(C)=O)[C@H](CC(C)C)CN1CC2.COc1cc2c(cc1OC)[C@H]1C[C@](O)(C#CCO[Si](C)(C)C(C)(C)C)[C@H](CC(C)C)CN1CC2. The van der Waals surface area contributed by atoms with Gasteiger partial charge in [0.15, 0.2) is 45.2 Å². The molecule has 4 aliphatic rings. The Bertz CT molecular complexity index is 2280. The Morgan fingerprint density at radius 1 is 0.662 bits per heavy atom. The summed E-state index contributed by atoms with van der Waals surface area (Å²) in [4.78, 5) is 17.6. The number of carbonyl (C=O) groups excluding carboxylic acids is 1. The lowest BCUT2D eigenvalue weighted by Crippen LogP contribution is -2.56. The van der Waals surface area contributed by atoms with Gasteiger partial charge in [-0.15, -0.1) is 0 Å². The zero-order valence-electron chi connectivity index (χ0n) is 47.4. The first kappa shape index (κ1) is 58.4. The zero-order valence-corrected chi connectivity index (χ0v) is 49.4. The number of hydrogen-bond acceptors (Lipinski definition) is 11. The molecule has 0 bridgehead atoms. The summed E-state index contributed by atoms with van der Waals surface area (Å²) in [6, 6.07) is 8.60. The van der Waals surface area contributed by atoms with Crippen LogP contribution in [0.1, 0.15) is 136 Å². The number of aliphatic hydroxyl groups is 1. The van der Waals surface area contributed by atoms with Crippen LogP contribution in [0.3, 0.4) is 0 Å². The molecular formula is C58H92N2O9Si2. The van der Waals surface area contributed by atoms with Crippen molar-refractivity contribution >= 4 is 22.6 Å². The van der Waals surface area contributed by atoms with E-state index >= 15 is 0 Å². The van der Waals surface area contributed by atoms with Crippen molar-refractivity contribution in [3.8, 4) is 46.7 Å². The van der Waals surface area contributed by atoms with Gasteiger partial charge in [0.25, 0.3) is 0 Å². The monoisotopic (exact) mass is 1020 g/mol. The van der Waals surface area contributed by atoms with Gasteiger partial charge in [0, 0.05) is 69.9 Å². The average molecular weight is 1020 g/mol. The number of esters is 1. The third kappa shape index (κ3) is 13.8. The third-order valence-electron chi connectivity index (χ3n) is 16.5. The molecule has 0 aromatic heterocycles. The van der Waals surface area contributed by atoms with E-state index in [0.29, 0.717) is 37.9 Å². The molecule has 0 amide bonds. The molecule has 6 rings (SSSR count). The smallest absolute Gasteiger partial charge is 0.304 e. The van der Waals surface area contributed by atoms with Gasteiger partial charge in [-0.1, -0.05) is 92.9 Å². The van der Waals surface area contributed by atoms with E-state index in [1.807, 2.05) is 0 Å². The first-order valence-corrected chi connectivity index (χ1v) is 32.0. The molecule has 0 unspecified atom stereocenters. The van der Waals surface area contributed by atoms with E-state index in [9.17, 15) is 9.90 Å². The summed E-state index contributed by atoms with van der Waals surface area (Å²) >= 11 is 0. The van der Waals surface area contributed by atoms with Crippen LogP contribution in [0.5, 0.6) is 23.0 Å². The predicted molar refractivity (Wildman–Crippen MR) is 292 cm³/mol. The molecule has 396 valence electrons. The minimum Gasteiger partial charge on any atom is -0.493 e. The summed E-state index contributed by atoms with van der Waals surface area (Å²) < 4.78 is 41.2. The molecule has 71 heavy (non-hydrogen) atoms. The van der Waals surface area contributed by atoms with Crippen LogP contribution in [0.2, 0.25) is 36.3 Å². The Morgan fingerprint density at radius 2 is 1.06 bits per heavy atom. The highest BCUT2D eigenvalue weighted by Crippen LogP contribution is 2.50. The number of benzene rings is 2. The molecular weight excluding hydrogens is 925 g/mol. The largest absolute Gasteiger partial charge is 0.493 e. The normalized spacial score (nSPS) is 24.6. The molecule has 13 heteroatoms. The van der Waals surface area contributed by atoms with Crippen LogP contribution in [-0.4, -0.2) is 117 Å². The van der Waals surface area contributed by atoms with E-state index in [0.717, 1.165) is 74.9 Å². The second-order valence-electron chi connectivity index (χ2n) is 24.5. The number of hydrogen-bond donors (Lipinski definition) is 1. The summed E-state index contributed by atoms with van der Waals surface area (Å²) in [5.41, 5.74) is 3.07. The number of nitrogens with zero attached hydrogens (tertiary/aromatic N) is 2. The van der Waals surface area contributed by atoms with Crippen molar-refractivity contribution in [3.63, 3.8) is 0 Å². The lowest BCUT2D eigenvalue weighted by Gasteiger charge is -2.51. The molecule has 1 N–H and O–H groups in total. The van der Waals surface area contributed by atoms with Crippen molar-refractivity contribution in [3.05, 3.63) is 46.5 Å². The van der Waals surface area contributed by atoms with Crippen LogP contribution in [-0.2, 0) is 31.2 Å². The number of rotatable bonds is 13. The minimum atomic E-state index is -1.93. The van der Waals surface area contributed by atoms with Crippen LogP contribution in [0.25, 0.3) is 0 Å². The molecule has 2 saturated heterocycles. The Kier molecular flexibility index (Phi) is 19.2. The van der Waals surface area contributed by atoms with Crippen molar-refractivity contribution in [1.82, 2.24) is 9.80 Å². The van der Waals surface area contributed by atoms with Crippen molar-refractivity contribution in [1.29, 1.82) is 0 Å². The zero-order chi connectivity index (χ0) is 52.9. The highest BCUT2D eigenvalue weighted by molar-refractivity contribution is 6.74. The van der Waals surface area contributed by atoms with Crippen molar-refractivity contribution in [2.24, 2.45) is 23.7 Å². The topological polar surface area (TPSA) is 108 Å². The lowest BCUT2D eigenvalue weighted by atomic mass is 9.71. The van der Waals surface area contributed by atoms with E-state index in [1.165, 1.54) is 29.2 Å². The molecule has 4 aliphatic heterocycles. The van der Waals surface area contributed by atoms with Crippen LogP contribution in [0, 0.1) is 47.4 Å². The van der Waals surface area contributed by atoms with Crippen LogP contribution in [0.15, 0.2) is 24.3 Å². The number of piperidine rings is 2. The third-order valence-corrected chi connectivity index (χ3v) is 25.5. The maximum atomic E-state index is 12.5. The second-order valence-corrected chi connectivity index (χ2v) is 34.1. The standard InChI is InChI=1S/C30H47NO5Si.C28H45NO4Si/c1-21(2)16-24-20-31-14-12-23-17-27(33-7)28(34-8)18-25(23)26(31)19-30(24,36-22(3)32)13-11-15-35-37(9,10)29(4,5)6;1-20(2)15-22-19-29-13-11-21-16-25(31-6)26(32-7)17-23(21)24(29)18-28(22,30)12-10-14-33-34(8,9)27(3,4)5/h17-18,21,24,26H,12,14-16,19-20H2,1-10H3;16-17,20,22,24,30H,11,13-15,18-19H2,1-9H3/t24-,26-,30-;22-,24-,28-/m11/s1. The number of ether oxygens (including phenoxy) is 5. The van der Waals surface area contributed by atoms with E-state index < -0.39 is 27.8 Å². The van der Waals surface area contributed by atoms with Crippen molar-refractivity contribution in [2.75, 3.05) is 67.8 Å². The van der Waals surface area contributed by atoms with Gasteiger partial charge >= 0.3 is 5.97 Å². The summed E-state index contributed by atoms with van der Waals surface area (Å²) in [5, 5.41) is 12.2. The molecule has 4 heterocycles. The highest BCUT2D eigenvalue weighted by Gasteiger charge is 2.51. The Hall–Kier alpha value is -3.54. The van der Waals surface area contributed by atoms with E-state index in [4.69, 9.17) is 32.5 Å². The summed E-state index contributed by atoms with van der Waals surface area (Å²) in [7, 11) is 2.89. The van der Waals surface area contributed by atoms with Gasteiger partial charge in [0.05, 0.1) is 41.7 Å². The van der Waals surface area contributed by atoms with Crippen LogP contribution < -0.4 is 18.9 Å². The molecule has 2 aromatic rings. The van der Waals surface area contributed by atoms with E-state index in [2.05, 4.69) is 153 Å². The summed E-state index contributed by atoms with van der Waals surface area (Å²) in [5.74, 6) is 17.2. The quantitative estimate of drug-likeness (QED) is 0.118. The maximum Gasteiger partial charge on any atom is 0.304 e. The second kappa shape index (κ2) is 23.3. The maximum absolute atomic E-state index is 12.5. The molecule has 6 atom stereocenters. The number of methoxy groups -OCH3 is 4. The molecule has 0 spiro atoms. The van der Waals surface area contributed by atoms with Gasteiger partial charge in [-0.3, -0.25) is 14.6 Å². The first-order chi connectivity index (χ1) is 33.0. The molecule has 2 aromatic carbocycles. The van der Waals surface area contributed by atoms with E-state index in [-0.39, 0.29) is 40.0 Å². The predicted octanol–water partition coefficient (Wildman–Crippen LogP) is 11.4. The number of fused-ring (bicyclic) bond motifs is 6. The van der Waals surface area contributed by atoms with Gasteiger partial charge in [0.2, 0.25) is 0 Å². The lowest BCUT2D eigenvalue weighted by molar-refractivity contribution is -0.165. The average Bonchev–Trinajstić information content (AvgIpc) is 3.28. The summed E-state index contributed by atoms with van der Waals surface area (Å²) in [6.45, 7) is 37.1. The molecule has 0 radical (unpaired) electrons. The number of carbonyl (C=O) groups is 1. The van der Waals surface area contributed by atoms with Crippen LogP contribution in [0.4, 0.5) is 0 Å². The fourth-order valence-corrected chi connectivity index (χ4v) is 12.2. The Labute approximate surface area is 432 Å².